The van der Waals surface area contributed by atoms with E-state index in [0.717, 1.165) is 12.1 Å². The van der Waals surface area contributed by atoms with E-state index >= 15 is 0 Å². The fourth-order valence-electron chi connectivity index (χ4n) is 1.53. The van der Waals surface area contributed by atoms with Gasteiger partial charge in [-0.3, -0.25) is 0 Å². The monoisotopic (exact) mass is 274 g/mol. The van der Waals surface area contributed by atoms with E-state index in [-0.39, 0.29) is 23.2 Å². The highest BCUT2D eigenvalue weighted by Crippen LogP contribution is 2.36. The standard InChI is InChI=1S/C12H10F4N2O/c1-6(2)11-17-10(18-19-11)8-4-3-7(13)5-9(8)12(14,15)16/h3-6H,1-2H3. The topological polar surface area (TPSA) is 38.9 Å². The molecule has 1 aromatic heterocycles. The summed E-state index contributed by atoms with van der Waals surface area (Å²) in [5.41, 5.74) is -1.42. The van der Waals surface area contributed by atoms with Crippen molar-refractivity contribution >= 4 is 0 Å². The second-order valence-corrected chi connectivity index (χ2v) is 4.30. The molecule has 0 spiro atoms. The Balaban J connectivity index is 2.55. The summed E-state index contributed by atoms with van der Waals surface area (Å²) in [6, 6.07) is 2.34. The Hall–Kier alpha value is -1.92. The van der Waals surface area contributed by atoms with Gasteiger partial charge in [0.2, 0.25) is 11.7 Å². The summed E-state index contributed by atoms with van der Waals surface area (Å²) in [5, 5.41) is 3.50. The van der Waals surface area contributed by atoms with E-state index in [1.54, 1.807) is 13.8 Å². The fraction of sp³-hybridized carbons (Fsp3) is 0.333. The highest BCUT2D eigenvalue weighted by molar-refractivity contribution is 5.60. The van der Waals surface area contributed by atoms with E-state index in [2.05, 4.69) is 10.1 Å². The van der Waals surface area contributed by atoms with Gasteiger partial charge in [-0.05, 0) is 18.2 Å². The predicted molar refractivity (Wildman–Crippen MR) is 58.8 cm³/mol. The molecule has 0 N–H and O–H groups in total. The Morgan fingerprint density at radius 2 is 1.89 bits per heavy atom. The molecule has 1 aromatic carbocycles. The predicted octanol–water partition coefficient (Wildman–Crippen LogP) is 4.02. The van der Waals surface area contributed by atoms with Crippen molar-refractivity contribution in [2.75, 3.05) is 0 Å². The SMILES string of the molecule is CC(C)c1nc(-c2ccc(F)cc2C(F)(F)F)no1. The van der Waals surface area contributed by atoms with Crippen molar-refractivity contribution in [3.05, 3.63) is 35.5 Å². The molecule has 3 nitrogen and oxygen atoms in total. The third-order valence-electron chi connectivity index (χ3n) is 2.46. The van der Waals surface area contributed by atoms with E-state index in [9.17, 15) is 17.6 Å². The van der Waals surface area contributed by atoms with Crippen LogP contribution in [0.1, 0.15) is 31.2 Å². The number of rotatable bonds is 2. The molecule has 0 unspecified atom stereocenters. The molecule has 0 saturated heterocycles. The molecule has 0 saturated carbocycles. The summed E-state index contributed by atoms with van der Waals surface area (Å²) < 4.78 is 56.3. The number of benzene rings is 1. The zero-order chi connectivity index (χ0) is 14.2. The van der Waals surface area contributed by atoms with Crippen LogP contribution in [-0.2, 0) is 6.18 Å². The minimum Gasteiger partial charge on any atom is -0.339 e. The zero-order valence-corrected chi connectivity index (χ0v) is 10.1. The second-order valence-electron chi connectivity index (χ2n) is 4.30. The lowest BCUT2D eigenvalue weighted by molar-refractivity contribution is -0.137. The van der Waals surface area contributed by atoms with Gasteiger partial charge < -0.3 is 4.52 Å². The van der Waals surface area contributed by atoms with Gasteiger partial charge in [-0.15, -0.1) is 0 Å². The molecule has 0 fully saturated rings. The van der Waals surface area contributed by atoms with Crippen LogP contribution in [0.3, 0.4) is 0 Å². The Morgan fingerprint density at radius 3 is 2.42 bits per heavy atom. The van der Waals surface area contributed by atoms with Crippen molar-refractivity contribution in [2.24, 2.45) is 0 Å². The molecule has 0 aliphatic heterocycles. The van der Waals surface area contributed by atoms with E-state index in [4.69, 9.17) is 4.52 Å². The molecule has 102 valence electrons. The molecule has 0 aliphatic carbocycles. The largest absolute Gasteiger partial charge is 0.417 e. The number of halogens is 4. The molecule has 1 heterocycles. The quantitative estimate of drug-likeness (QED) is 0.776. The van der Waals surface area contributed by atoms with Crippen molar-refractivity contribution in [3.8, 4) is 11.4 Å². The first-order chi connectivity index (χ1) is 8.79. The summed E-state index contributed by atoms with van der Waals surface area (Å²) in [6.07, 6.45) is -4.68. The van der Waals surface area contributed by atoms with Crippen LogP contribution in [0.25, 0.3) is 11.4 Å². The van der Waals surface area contributed by atoms with E-state index in [1.165, 1.54) is 0 Å². The van der Waals surface area contributed by atoms with Gasteiger partial charge in [0.25, 0.3) is 0 Å². The Kier molecular flexibility index (Phi) is 3.30. The van der Waals surface area contributed by atoms with Crippen molar-refractivity contribution in [1.82, 2.24) is 10.1 Å². The van der Waals surface area contributed by atoms with Crippen molar-refractivity contribution < 1.29 is 22.1 Å². The third kappa shape index (κ3) is 2.74. The van der Waals surface area contributed by atoms with Crippen LogP contribution in [0, 0.1) is 5.82 Å². The summed E-state index contributed by atoms with van der Waals surface area (Å²) in [5.74, 6) is -1.04. The number of alkyl halides is 3. The van der Waals surface area contributed by atoms with Crippen LogP contribution in [0.5, 0.6) is 0 Å². The number of nitrogens with zero attached hydrogens (tertiary/aromatic N) is 2. The van der Waals surface area contributed by atoms with E-state index in [0.29, 0.717) is 6.07 Å². The molecular weight excluding hydrogens is 264 g/mol. The minimum atomic E-state index is -4.68. The van der Waals surface area contributed by atoms with Gasteiger partial charge in [-0.2, -0.15) is 18.2 Å². The molecule has 19 heavy (non-hydrogen) atoms. The van der Waals surface area contributed by atoms with Crippen LogP contribution < -0.4 is 0 Å². The van der Waals surface area contributed by atoms with E-state index in [1.807, 2.05) is 0 Å². The minimum absolute atomic E-state index is 0.101. The zero-order valence-electron chi connectivity index (χ0n) is 10.1. The van der Waals surface area contributed by atoms with Gasteiger partial charge in [0.1, 0.15) is 5.82 Å². The number of hydrogen-bond donors (Lipinski definition) is 0. The fourth-order valence-corrected chi connectivity index (χ4v) is 1.53. The highest BCUT2D eigenvalue weighted by Gasteiger charge is 2.35. The first-order valence-electron chi connectivity index (χ1n) is 5.49. The van der Waals surface area contributed by atoms with Gasteiger partial charge in [-0.25, -0.2) is 4.39 Å². The second kappa shape index (κ2) is 4.64. The molecule has 0 aliphatic rings. The third-order valence-corrected chi connectivity index (χ3v) is 2.46. The van der Waals surface area contributed by atoms with Crippen molar-refractivity contribution in [1.29, 1.82) is 0 Å². The normalized spacial score (nSPS) is 12.2. The average molecular weight is 274 g/mol. The van der Waals surface area contributed by atoms with Crippen molar-refractivity contribution in [3.63, 3.8) is 0 Å². The average Bonchev–Trinajstić information content (AvgIpc) is 2.77. The van der Waals surface area contributed by atoms with Gasteiger partial charge in [0, 0.05) is 11.5 Å². The lowest BCUT2D eigenvalue weighted by atomic mass is 10.1. The van der Waals surface area contributed by atoms with Crippen LogP contribution in [0.2, 0.25) is 0 Å². The van der Waals surface area contributed by atoms with Gasteiger partial charge in [0.05, 0.1) is 5.56 Å². The van der Waals surface area contributed by atoms with Gasteiger partial charge >= 0.3 is 6.18 Å². The molecule has 2 aromatic rings. The molecule has 7 heteroatoms. The van der Waals surface area contributed by atoms with Gasteiger partial charge in [-0.1, -0.05) is 19.0 Å². The summed E-state index contributed by atoms with van der Waals surface area (Å²) in [4.78, 5) is 3.88. The summed E-state index contributed by atoms with van der Waals surface area (Å²) in [7, 11) is 0. The Bertz CT molecular complexity index is 590. The maximum Gasteiger partial charge on any atom is 0.417 e. The molecule has 0 amide bonds. The van der Waals surface area contributed by atoms with Crippen LogP contribution >= 0.6 is 0 Å². The van der Waals surface area contributed by atoms with E-state index < -0.39 is 17.6 Å². The first kappa shape index (κ1) is 13.5. The van der Waals surface area contributed by atoms with Gasteiger partial charge in [0.15, 0.2) is 0 Å². The molecular formula is C12H10F4N2O. The lowest BCUT2D eigenvalue weighted by Crippen LogP contribution is -2.08. The summed E-state index contributed by atoms with van der Waals surface area (Å²) >= 11 is 0. The lowest BCUT2D eigenvalue weighted by Gasteiger charge is -2.10. The smallest absolute Gasteiger partial charge is 0.339 e. The maximum atomic E-state index is 13.0. The molecule has 0 radical (unpaired) electrons. The first-order valence-corrected chi connectivity index (χ1v) is 5.49. The van der Waals surface area contributed by atoms with Crippen LogP contribution in [0.4, 0.5) is 17.6 Å². The number of hydrogen-bond acceptors (Lipinski definition) is 3. The summed E-state index contributed by atoms with van der Waals surface area (Å²) in [6.45, 7) is 3.54. The molecule has 0 atom stereocenters. The maximum absolute atomic E-state index is 13.0. The van der Waals surface area contributed by atoms with Crippen molar-refractivity contribution in [2.45, 2.75) is 25.9 Å². The molecule has 0 bridgehead atoms. The van der Waals surface area contributed by atoms with Crippen LogP contribution in [0.15, 0.2) is 22.7 Å². The Labute approximate surface area is 106 Å². The number of aromatic nitrogens is 2. The van der Waals surface area contributed by atoms with Crippen LogP contribution in [-0.4, -0.2) is 10.1 Å². The highest BCUT2D eigenvalue weighted by atomic mass is 19.4. The Morgan fingerprint density at radius 1 is 1.21 bits per heavy atom. The molecule has 2 rings (SSSR count).